The maximum absolute atomic E-state index is 12.2. The number of hydrogen-bond donors (Lipinski definition) is 1. The monoisotopic (exact) mass is 395 g/mol. The normalized spacial score (nSPS) is 12.0. The van der Waals surface area contributed by atoms with Gasteiger partial charge in [-0.05, 0) is 29.8 Å². The van der Waals surface area contributed by atoms with E-state index in [-0.39, 0.29) is 18.5 Å². The summed E-state index contributed by atoms with van der Waals surface area (Å²) in [5.74, 6) is 3.21. The zero-order valence-corrected chi connectivity index (χ0v) is 15.9. The van der Waals surface area contributed by atoms with E-state index in [2.05, 4.69) is 5.32 Å². The molecule has 0 bridgehead atoms. The van der Waals surface area contributed by atoms with Gasteiger partial charge < -0.3 is 24.3 Å². The number of carbonyl (C=O) groups excluding carboxylic acids is 1. The lowest BCUT2D eigenvalue weighted by molar-refractivity contribution is -0.113. The SMILES string of the molecule is COc1ccc(OC)c(NC(=O)CSCc2cc(Cl)c3c(c2)OCO3)c1. The molecule has 0 aliphatic carbocycles. The first-order valence-corrected chi connectivity index (χ1v) is 9.31. The second kappa shape index (κ2) is 8.42. The number of amides is 1. The van der Waals surface area contributed by atoms with Crippen LogP contribution in [-0.2, 0) is 10.5 Å². The number of rotatable bonds is 7. The number of thioether (sulfide) groups is 1. The minimum atomic E-state index is -0.131. The average Bonchev–Trinajstić information content (AvgIpc) is 3.11. The molecule has 2 aromatic carbocycles. The van der Waals surface area contributed by atoms with Gasteiger partial charge in [-0.2, -0.15) is 0 Å². The Morgan fingerprint density at radius 3 is 2.85 bits per heavy atom. The second-order valence-electron chi connectivity index (χ2n) is 5.42. The maximum Gasteiger partial charge on any atom is 0.234 e. The van der Waals surface area contributed by atoms with Crippen molar-refractivity contribution in [1.82, 2.24) is 0 Å². The quantitative estimate of drug-likeness (QED) is 0.765. The fraction of sp³-hybridized carbons (Fsp3) is 0.278. The molecule has 26 heavy (non-hydrogen) atoms. The highest BCUT2D eigenvalue weighted by atomic mass is 35.5. The van der Waals surface area contributed by atoms with Crippen LogP contribution in [0.4, 0.5) is 5.69 Å². The Kier molecular flexibility index (Phi) is 6.00. The van der Waals surface area contributed by atoms with Crippen LogP contribution in [0.3, 0.4) is 0 Å². The molecule has 2 aromatic rings. The van der Waals surface area contributed by atoms with Crippen molar-refractivity contribution in [2.24, 2.45) is 0 Å². The Bertz CT molecular complexity index is 814. The second-order valence-corrected chi connectivity index (χ2v) is 6.81. The van der Waals surface area contributed by atoms with Crippen LogP contribution < -0.4 is 24.3 Å². The van der Waals surface area contributed by atoms with Crippen molar-refractivity contribution < 1.29 is 23.7 Å². The molecule has 0 fully saturated rings. The van der Waals surface area contributed by atoms with E-state index in [1.165, 1.54) is 11.8 Å². The van der Waals surface area contributed by atoms with E-state index in [0.29, 0.717) is 39.5 Å². The minimum absolute atomic E-state index is 0.131. The number of ether oxygens (including phenoxy) is 4. The van der Waals surface area contributed by atoms with Gasteiger partial charge in [0.25, 0.3) is 0 Å². The van der Waals surface area contributed by atoms with Crippen LogP contribution in [0.2, 0.25) is 5.02 Å². The van der Waals surface area contributed by atoms with Crippen molar-refractivity contribution in [1.29, 1.82) is 0 Å². The third-order valence-corrected chi connectivity index (χ3v) is 4.95. The highest BCUT2D eigenvalue weighted by Crippen LogP contribution is 2.40. The first-order chi connectivity index (χ1) is 12.6. The van der Waals surface area contributed by atoms with Gasteiger partial charge >= 0.3 is 0 Å². The molecule has 0 aromatic heterocycles. The molecule has 0 saturated carbocycles. The Hall–Kier alpha value is -2.25. The third-order valence-electron chi connectivity index (χ3n) is 3.67. The lowest BCUT2D eigenvalue weighted by atomic mass is 10.2. The number of fused-ring (bicyclic) bond motifs is 1. The molecule has 1 amide bonds. The molecule has 1 aliphatic rings. The summed E-state index contributed by atoms with van der Waals surface area (Å²) in [5.41, 5.74) is 1.54. The first kappa shape index (κ1) is 18.5. The average molecular weight is 396 g/mol. The molecule has 1 N–H and O–H groups in total. The van der Waals surface area contributed by atoms with Gasteiger partial charge in [0.05, 0.1) is 30.7 Å². The molecule has 1 heterocycles. The van der Waals surface area contributed by atoms with Crippen LogP contribution in [0.15, 0.2) is 30.3 Å². The van der Waals surface area contributed by atoms with Crippen LogP contribution in [-0.4, -0.2) is 32.7 Å². The fourth-order valence-electron chi connectivity index (χ4n) is 2.46. The summed E-state index contributed by atoms with van der Waals surface area (Å²) in [6.45, 7) is 0.177. The van der Waals surface area contributed by atoms with E-state index >= 15 is 0 Å². The van der Waals surface area contributed by atoms with Crippen molar-refractivity contribution in [3.05, 3.63) is 40.9 Å². The zero-order valence-electron chi connectivity index (χ0n) is 14.3. The Morgan fingerprint density at radius 1 is 1.23 bits per heavy atom. The summed E-state index contributed by atoms with van der Waals surface area (Å²) in [6.07, 6.45) is 0. The predicted molar refractivity (Wildman–Crippen MR) is 102 cm³/mol. The summed E-state index contributed by atoms with van der Waals surface area (Å²) in [6, 6.07) is 8.94. The lowest BCUT2D eigenvalue weighted by Gasteiger charge is -2.11. The van der Waals surface area contributed by atoms with Crippen LogP contribution >= 0.6 is 23.4 Å². The van der Waals surface area contributed by atoms with Crippen LogP contribution in [0.25, 0.3) is 0 Å². The number of methoxy groups -OCH3 is 2. The number of hydrogen-bond acceptors (Lipinski definition) is 6. The van der Waals surface area contributed by atoms with Crippen molar-refractivity contribution in [2.75, 3.05) is 32.1 Å². The zero-order chi connectivity index (χ0) is 18.5. The number of carbonyl (C=O) groups is 1. The number of anilines is 1. The van der Waals surface area contributed by atoms with Gasteiger partial charge in [0.1, 0.15) is 11.5 Å². The van der Waals surface area contributed by atoms with Gasteiger partial charge in [0, 0.05) is 11.8 Å². The lowest BCUT2D eigenvalue weighted by Crippen LogP contribution is -2.15. The van der Waals surface area contributed by atoms with Crippen molar-refractivity contribution in [2.45, 2.75) is 5.75 Å². The molecular formula is C18H18ClNO5S. The summed E-state index contributed by atoms with van der Waals surface area (Å²) < 4.78 is 21.1. The van der Waals surface area contributed by atoms with Crippen LogP contribution in [0.5, 0.6) is 23.0 Å². The van der Waals surface area contributed by atoms with Gasteiger partial charge in [-0.15, -0.1) is 11.8 Å². The molecular weight excluding hydrogens is 378 g/mol. The first-order valence-electron chi connectivity index (χ1n) is 7.78. The van der Waals surface area contributed by atoms with E-state index in [4.69, 9.17) is 30.5 Å². The summed E-state index contributed by atoms with van der Waals surface area (Å²) in [7, 11) is 3.12. The third kappa shape index (κ3) is 4.28. The summed E-state index contributed by atoms with van der Waals surface area (Å²) in [4.78, 5) is 12.2. The highest BCUT2D eigenvalue weighted by molar-refractivity contribution is 7.99. The van der Waals surface area contributed by atoms with E-state index < -0.39 is 0 Å². The molecule has 0 radical (unpaired) electrons. The molecule has 0 unspecified atom stereocenters. The van der Waals surface area contributed by atoms with Gasteiger partial charge in [0.2, 0.25) is 12.7 Å². The van der Waals surface area contributed by atoms with Crippen molar-refractivity contribution in [3.63, 3.8) is 0 Å². The summed E-state index contributed by atoms with van der Waals surface area (Å²) in [5, 5.41) is 3.35. The maximum atomic E-state index is 12.2. The Balaban J connectivity index is 1.56. The topological polar surface area (TPSA) is 66.0 Å². The van der Waals surface area contributed by atoms with E-state index in [1.54, 1.807) is 32.4 Å². The standard InChI is InChI=1S/C18H18ClNO5S/c1-22-12-3-4-15(23-2)14(7-12)20-17(21)9-26-8-11-5-13(19)18-16(6-11)24-10-25-18/h3-7H,8-10H2,1-2H3,(H,20,21). The summed E-state index contributed by atoms with van der Waals surface area (Å²) >= 11 is 7.64. The molecule has 138 valence electrons. The van der Waals surface area contributed by atoms with E-state index in [1.807, 2.05) is 12.1 Å². The number of halogens is 1. The minimum Gasteiger partial charge on any atom is -0.497 e. The van der Waals surface area contributed by atoms with Crippen molar-refractivity contribution >= 4 is 35.0 Å². The van der Waals surface area contributed by atoms with E-state index in [0.717, 1.165) is 5.56 Å². The van der Waals surface area contributed by atoms with E-state index in [9.17, 15) is 4.79 Å². The predicted octanol–water partition coefficient (Wildman–Crippen LogP) is 3.96. The van der Waals surface area contributed by atoms with Gasteiger partial charge in [-0.1, -0.05) is 11.6 Å². The van der Waals surface area contributed by atoms with Crippen molar-refractivity contribution in [3.8, 4) is 23.0 Å². The Morgan fingerprint density at radius 2 is 2.08 bits per heavy atom. The fourth-order valence-corrected chi connectivity index (χ4v) is 3.51. The largest absolute Gasteiger partial charge is 0.497 e. The molecule has 0 spiro atoms. The molecule has 6 nitrogen and oxygen atoms in total. The molecule has 0 atom stereocenters. The number of nitrogens with one attached hydrogen (secondary N) is 1. The molecule has 0 saturated heterocycles. The molecule has 3 rings (SSSR count). The van der Waals surface area contributed by atoms with Gasteiger partial charge in [-0.3, -0.25) is 4.79 Å². The van der Waals surface area contributed by atoms with Crippen LogP contribution in [0, 0.1) is 0 Å². The van der Waals surface area contributed by atoms with Crippen LogP contribution in [0.1, 0.15) is 5.56 Å². The molecule has 1 aliphatic heterocycles. The molecule has 8 heteroatoms. The highest BCUT2D eigenvalue weighted by Gasteiger charge is 2.18. The Labute approximate surface area is 160 Å². The smallest absolute Gasteiger partial charge is 0.234 e. The van der Waals surface area contributed by atoms with Gasteiger partial charge in [-0.25, -0.2) is 0 Å². The van der Waals surface area contributed by atoms with Gasteiger partial charge in [0.15, 0.2) is 11.5 Å². The number of benzene rings is 2.